The highest BCUT2D eigenvalue weighted by Gasteiger charge is 2.75. The predicted molar refractivity (Wildman–Crippen MR) is 162 cm³/mol. The van der Waals surface area contributed by atoms with Gasteiger partial charge in [0.05, 0.1) is 18.6 Å². The second-order valence-electron chi connectivity index (χ2n) is 12.4. The first-order chi connectivity index (χ1) is 22.0. The first-order valence-corrected chi connectivity index (χ1v) is 15.3. The average Bonchev–Trinajstić information content (AvgIpc) is 3.38. The third-order valence-electron chi connectivity index (χ3n) is 9.35. The number of hydrogen-bond donors (Lipinski definition) is 4. The van der Waals surface area contributed by atoms with Crippen molar-refractivity contribution in [2.24, 2.45) is 11.3 Å². The van der Waals surface area contributed by atoms with Crippen molar-refractivity contribution in [3.8, 4) is 5.75 Å². The number of carbonyl (C=O) groups excluding carboxylic acids is 5. The van der Waals surface area contributed by atoms with Gasteiger partial charge in [-0.25, -0.2) is 8.78 Å². The Morgan fingerprint density at radius 2 is 1.87 bits per heavy atom. The van der Waals surface area contributed by atoms with E-state index in [0.29, 0.717) is 36.0 Å². The lowest BCUT2D eigenvalue weighted by atomic mass is 9.89. The van der Waals surface area contributed by atoms with Crippen molar-refractivity contribution in [3.05, 3.63) is 65.9 Å². The molecule has 3 aromatic rings. The number of amides is 4. The van der Waals surface area contributed by atoms with Crippen molar-refractivity contribution >= 4 is 40.3 Å². The summed E-state index contributed by atoms with van der Waals surface area (Å²) in [6.45, 7) is 0.186. The van der Waals surface area contributed by atoms with Crippen LogP contribution in [0.3, 0.4) is 0 Å². The summed E-state index contributed by atoms with van der Waals surface area (Å²) < 4.78 is 34.7. The molecule has 0 bridgehead atoms. The van der Waals surface area contributed by atoms with Gasteiger partial charge in [-0.2, -0.15) is 0 Å². The van der Waals surface area contributed by atoms with Gasteiger partial charge in [0, 0.05) is 42.9 Å². The number of piperidine rings is 1. The number of aromatic nitrogens is 1. The highest BCUT2D eigenvalue weighted by atomic mass is 19.3. The van der Waals surface area contributed by atoms with E-state index in [9.17, 15) is 32.8 Å². The van der Waals surface area contributed by atoms with E-state index < -0.39 is 59.3 Å². The molecule has 3 heterocycles. The lowest BCUT2D eigenvalue weighted by Crippen LogP contribution is -2.54. The van der Waals surface area contributed by atoms with Gasteiger partial charge >= 0.3 is 0 Å². The fourth-order valence-corrected chi connectivity index (χ4v) is 6.65. The maximum atomic E-state index is 14.7. The number of ether oxygens (including phenoxy) is 1. The number of likely N-dealkylation sites (tertiary alicyclic amines) is 1. The van der Waals surface area contributed by atoms with Crippen LogP contribution in [0, 0.1) is 11.3 Å². The van der Waals surface area contributed by atoms with E-state index in [-0.39, 0.29) is 37.5 Å². The van der Waals surface area contributed by atoms with E-state index in [0.717, 1.165) is 10.5 Å². The summed E-state index contributed by atoms with van der Waals surface area (Å²) in [7, 11) is 1.49. The Morgan fingerprint density at radius 1 is 1.11 bits per heavy atom. The summed E-state index contributed by atoms with van der Waals surface area (Å²) in [5.74, 6) is -6.92. The van der Waals surface area contributed by atoms with Crippen molar-refractivity contribution < 1.29 is 37.5 Å². The number of H-pyrrole nitrogens is 1. The van der Waals surface area contributed by atoms with Crippen LogP contribution in [-0.4, -0.2) is 77.5 Å². The number of ketones is 1. The summed E-state index contributed by atoms with van der Waals surface area (Å²) >= 11 is 0. The molecule has 3 aliphatic rings. The first-order valence-electron chi connectivity index (χ1n) is 15.3. The van der Waals surface area contributed by atoms with Gasteiger partial charge in [-0.05, 0) is 49.4 Å². The number of rotatable bonds is 10. The Balaban J connectivity index is 1.24. The Hall–Kier alpha value is -4.81. The van der Waals surface area contributed by atoms with E-state index in [2.05, 4.69) is 20.9 Å². The molecule has 46 heavy (non-hydrogen) atoms. The smallest absolute Gasteiger partial charge is 0.289 e. The number of aromatic amines is 1. The zero-order chi connectivity index (χ0) is 32.6. The van der Waals surface area contributed by atoms with Crippen LogP contribution in [0.4, 0.5) is 8.78 Å². The highest BCUT2D eigenvalue weighted by molar-refractivity contribution is 6.38. The third-order valence-corrected chi connectivity index (χ3v) is 9.35. The lowest BCUT2D eigenvalue weighted by Gasteiger charge is -2.28. The number of halogens is 2. The minimum atomic E-state index is -3.06. The molecule has 4 amide bonds. The number of carbonyl (C=O) groups is 5. The fourth-order valence-electron chi connectivity index (χ4n) is 6.65. The SMILES string of the molecule is COc1cccc2[nH]c(C(=O)N3C[C@]4(C[C@H]3C(=O)N[C@@H](C[C@@H]3CCCNC3=O)C(=O)C(=O)NCc3ccccc3)CC4(F)F)cc12. The minimum Gasteiger partial charge on any atom is -0.496 e. The molecule has 1 saturated carbocycles. The molecule has 4 N–H and O–H groups in total. The van der Waals surface area contributed by atoms with Crippen molar-refractivity contribution in [2.75, 3.05) is 20.2 Å². The number of benzene rings is 2. The summed E-state index contributed by atoms with van der Waals surface area (Å²) in [6.07, 6.45) is 0.166. The molecule has 1 spiro atoms. The largest absolute Gasteiger partial charge is 0.496 e. The zero-order valence-electron chi connectivity index (χ0n) is 25.2. The number of alkyl halides is 2. The van der Waals surface area contributed by atoms with Crippen LogP contribution in [0.5, 0.6) is 5.75 Å². The number of nitrogens with one attached hydrogen (secondary N) is 4. The molecule has 1 aromatic heterocycles. The van der Waals surface area contributed by atoms with E-state index in [1.807, 2.05) is 6.07 Å². The van der Waals surface area contributed by atoms with E-state index in [4.69, 9.17) is 4.74 Å². The molecule has 13 heteroatoms. The normalized spacial score (nSPS) is 23.9. The summed E-state index contributed by atoms with van der Waals surface area (Å²) in [5.41, 5.74) is -0.136. The number of nitrogens with zero attached hydrogens (tertiary/aromatic N) is 1. The van der Waals surface area contributed by atoms with Gasteiger partial charge in [-0.15, -0.1) is 0 Å². The molecule has 1 aliphatic carbocycles. The van der Waals surface area contributed by atoms with Crippen molar-refractivity contribution in [1.82, 2.24) is 25.8 Å². The highest BCUT2D eigenvalue weighted by Crippen LogP contribution is 2.66. The van der Waals surface area contributed by atoms with Gasteiger partial charge < -0.3 is 30.6 Å². The van der Waals surface area contributed by atoms with Crippen LogP contribution in [0.2, 0.25) is 0 Å². The molecule has 4 atom stereocenters. The standard InChI is InChI=1S/C33H35F2N5O6/c1-46-26-11-5-10-22-21(26)14-24(38-22)31(45)40-18-32(17-33(32,34)35)15-25(40)29(43)39-23(13-20-9-6-12-36-28(20)42)27(41)30(44)37-16-19-7-3-2-4-8-19/h2-5,7-8,10-11,14,20,23,25,38H,6,9,12-13,15-18H2,1H3,(H,36,42)(H,37,44)(H,39,43)/t20-,23-,25-,32-/m0/s1. The molecular weight excluding hydrogens is 600 g/mol. The Kier molecular flexibility index (Phi) is 8.26. The van der Waals surface area contributed by atoms with Gasteiger partial charge in [-0.3, -0.25) is 24.0 Å². The topological polar surface area (TPSA) is 150 Å². The average molecular weight is 636 g/mol. The van der Waals surface area contributed by atoms with Crippen LogP contribution < -0.4 is 20.7 Å². The van der Waals surface area contributed by atoms with Gasteiger partial charge in [0.15, 0.2) is 0 Å². The van der Waals surface area contributed by atoms with Gasteiger partial charge in [-0.1, -0.05) is 36.4 Å². The van der Waals surface area contributed by atoms with E-state index in [1.165, 1.54) is 7.11 Å². The van der Waals surface area contributed by atoms with Crippen LogP contribution in [0.1, 0.15) is 48.2 Å². The number of Topliss-reactive ketones (excluding diaryl/α,β-unsaturated/α-hetero) is 1. The van der Waals surface area contributed by atoms with Gasteiger partial charge in [0.1, 0.15) is 17.5 Å². The molecule has 0 unspecified atom stereocenters. The first kappa shape index (κ1) is 31.2. The molecule has 2 aliphatic heterocycles. The maximum Gasteiger partial charge on any atom is 0.289 e. The second-order valence-corrected chi connectivity index (χ2v) is 12.4. The number of fused-ring (bicyclic) bond motifs is 1. The van der Waals surface area contributed by atoms with Crippen LogP contribution >= 0.6 is 0 Å². The predicted octanol–water partition coefficient (Wildman–Crippen LogP) is 2.70. The second kappa shape index (κ2) is 12.2. The lowest BCUT2D eigenvalue weighted by molar-refractivity contribution is -0.141. The molecule has 0 radical (unpaired) electrons. The Bertz CT molecular complexity index is 1690. The fraction of sp³-hybridized carbons (Fsp3) is 0.424. The molecule has 6 rings (SSSR count). The third kappa shape index (κ3) is 5.93. The van der Waals surface area contributed by atoms with E-state index in [1.54, 1.807) is 48.5 Å². The number of methoxy groups -OCH3 is 1. The quantitative estimate of drug-likeness (QED) is 0.252. The van der Waals surface area contributed by atoms with Crippen LogP contribution in [0.15, 0.2) is 54.6 Å². The van der Waals surface area contributed by atoms with Crippen molar-refractivity contribution in [3.63, 3.8) is 0 Å². The summed E-state index contributed by atoms with van der Waals surface area (Å²) in [6, 6.07) is 12.9. The molecule has 2 aromatic carbocycles. The molecule has 242 valence electrons. The Labute approximate surface area is 263 Å². The van der Waals surface area contributed by atoms with Crippen LogP contribution in [0.25, 0.3) is 10.9 Å². The monoisotopic (exact) mass is 635 g/mol. The molecule has 2 saturated heterocycles. The van der Waals surface area contributed by atoms with Gasteiger partial charge in [0.2, 0.25) is 17.6 Å². The van der Waals surface area contributed by atoms with Crippen molar-refractivity contribution in [1.29, 1.82) is 0 Å². The number of hydrogen-bond acceptors (Lipinski definition) is 6. The molecular formula is C33H35F2N5O6. The maximum absolute atomic E-state index is 14.7. The van der Waals surface area contributed by atoms with Crippen molar-refractivity contribution in [2.45, 2.75) is 56.7 Å². The Morgan fingerprint density at radius 3 is 2.57 bits per heavy atom. The molecule has 11 nitrogen and oxygen atoms in total. The van der Waals surface area contributed by atoms with E-state index >= 15 is 0 Å². The summed E-state index contributed by atoms with van der Waals surface area (Å²) in [5, 5.41) is 8.48. The molecule has 3 fully saturated rings. The van der Waals surface area contributed by atoms with Crippen LogP contribution in [-0.2, 0) is 25.7 Å². The zero-order valence-corrected chi connectivity index (χ0v) is 25.2. The summed E-state index contributed by atoms with van der Waals surface area (Å²) in [4.78, 5) is 70.8. The minimum absolute atomic E-state index is 0.0633. The van der Waals surface area contributed by atoms with Gasteiger partial charge in [0.25, 0.3) is 17.7 Å².